The minimum absolute atomic E-state index is 0.136. The number of phenolic OH excluding ortho intramolecular Hbond substituents is 1. The van der Waals surface area contributed by atoms with Gasteiger partial charge in [0.15, 0.2) is 34.8 Å². The van der Waals surface area contributed by atoms with Crippen LogP contribution in [-0.2, 0) is 0 Å². The minimum Gasteiger partial charge on any atom is -0.505 e. The number of rotatable bonds is 3. The summed E-state index contributed by atoms with van der Waals surface area (Å²) in [6, 6.07) is 4.31. The second-order valence-corrected chi connectivity index (χ2v) is 6.06. The molecule has 2 aromatic heterocycles. The number of aromatic hydroxyl groups is 1. The standard InChI is InChI=1S/C19H11F3N4O2/c1-9-7-26(8-24-9)15-6-23-12-3-2-10(4-13(12)25-15)19(28)16-17(21)11(20)5-14(27)18(16)22/h2-8,27H,1H3. The van der Waals surface area contributed by atoms with E-state index in [9.17, 15) is 23.1 Å². The van der Waals surface area contributed by atoms with Crippen LogP contribution in [0.3, 0.4) is 0 Å². The predicted molar refractivity (Wildman–Crippen MR) is 92.8 cm³/mol. The van der Waals surface area contributed by atoms with E-state index >= 15 is 0 Å². The fraction of sp³-hybridized carbons (Fsp3) is 0.0526. The molecule has 0 fully saturated rings. The van der Waals surface area contributed by atoms with Crippen molar-refractivity contribution in [3.8, 4) is 11.6 Å². The number of aromatic nitrogens is 4. The normalized spacial score (nSPS) is 11.1. The molecule has 0 saturated carbocycles. The van der Waals surface area contributed by atoms with Crippen molar-refractivity contribution < 1.29 is 23.1 Å². The Balaban J connectivity index is 1.82. The van der Waals surface area contributed by atoms with Gasteiger partial charge in [0.2, 0.25) is 0 Å². The molecule has 0 aliphatic rings. The first-order valence-corrected chi connectivity index (χ1v) is 8.04. The maximum absolute atomic E-state index is 14.1. The average molecular weight is 384 g/mol. The third-order valence-corrected chi connectivity index (χ3v) is 4.13. The monoisotopic (exact) mass is 384 g/mol. The summed E-state index contributed by atoms with van der Waals surface area (Å²) in [6.07, 6.45) is 4.78. The third-order valence-electron chi connectivity index (χ3n) is 4.13. The van der Waals surface area contributed by atoms with E-state index in [4.69, 9.17) is 0 Å². The van der Waals surface area contributed by atoms with E-state index in [1.165, 1.54) is 24.4 Å². The Kier molecular flexibility index (Phi) is 4.07. The van der Waals surface area contributed by atoms with Crippen LogP contribution in [0.2, 0.25) is 0 Å². The fourth-order valence-electron chi connectivity index (χ4n) is 2.75. The number of halogens is 3. The average Bonchev–Trinajstić information content (AvgIpc) is 3.12. The molecule has 0 bridgehead atoms. The molecule has 0 saturated heterocycles. The lowest BCUT2D eigenvalue weighted by molar-refractivity contribution is 0.102. The number of phenols is 1. The van der Waals surface area contributed by atoms with E-state index in [1.807, 2.05) is 0 Å². The number of benzene rings is 2. The number of fused-ring (bicyclic) bond motifs is 1. The lowest BCUT2D eigenvalue weighted by atomic mass is 10.0. The van der Waals surface area contributed by atoms with E-state index in [-0.39, 0.29) is 17.1 Å². The summed E-state index contributed by atoms with van der Waals surface area (Å²) in [5, 5.41) is 9.37. The highest BCUT2D eigenvalue weighted by atomic mass is 19.2. The van der Waals surface area contributed by atoms with Gasteiger partial charge in [0.25, 0.3) is 0 Å². The molecule has 1 N–H and O–H groups in total. The highest BCUT2D eigenvalue weighted by Crippen LogP contribution is 2.27. The van der Waals surface area contributed by atoms with Gasteiger partial charge in [-0.3, -0.25) is 14.3 Å². The van der Waals surface area contributed by atoms with Crippen molar-refractivity contribution in [1.82, 2.24) is 19.5 Å². The summed E-state index contributed by atoms with van der Waals surface area (Å²) in [6.45, 7) is 1.80. The zero-order valence-corrected chi connectivity index (χ0v) is 14.3. The lowest BCUT2D eigenvalue weighted by Crippen LogP contribution is -2.10. The van der Waals surface area contributed by atoms with Crippen LogP contribution in [0, 0.1) is 24.4 Å². The van der Waals surface area contributed by atoms with Crippen molar-refractivity contribution in [2.45, 2.75) is 6.92 Å². The number of carbonyl (C=O) groups is 1. The maximum Gasteiger partial charge on any atom is 0.199 e. The molecule has 2 heterocycles. The van der Waals surface area contributed by atoms with Gasteiger partial charge < -0.3 is 5.11 Å². The molecular weight excluding hydrogens is 373 g/mol. The number of ketones is 1. The zero-order chi connectivity index (χ0) is 20.0. The first kappa shape index (κ1) is 17.7. The van der Waals surface area contributed by atoms with Gasteiger partial charge in [0, 0.05) is 17.8 Å². The molecule has 0 unspecified atom stereocenters. The smallest absolute Gasteiger partial charge is 0.199 e. The maximum atomic E-state index is 14.1. The van der Waals surface area contributed by atoms with E-state index in [0.29, 0.717) is 11.3 Å². The molecule has 4 rings (SSSR count). The first-order chi connectivity index (χ1) is 13.3. The Hall–Kier alpha value is -3.75. The van der Waals surface area contributed by atoms with Crippen molar-refractivity contribution in [2.24, 2.45) is 0 Å². The van der Waals surface area contributed by atoms with Crippen LogP contribution in [0.25, 0.3) is 16.9 Å². The first-order valence-electron chi connectivity index (χ1n) is 8.04. The molecule has 28 heavy (non-hydrogen) atoms. The second-order valence-electron chi connectivity index (χ2n) is 6.06. The van der Waals surface area contributed by atoms with E-state index in [0.717, 1.165) is 5.69 Å². The summed E-state index contributed by atoms with van der Waals surface area (Å²) in [4.78, 5) is 25.3. The number of aryl methyl sites for hydroxylation is 1. The van der Waals surface area contributed by atoms with Crippen molar-refractivity contribution in [3.05, 3.63) is 77.3 Å². The summed E-state index contributed by atoms with van der Waals surface area (Å²) >= 11 is 0. The molecule has 0 aliphatic heterocycles. The molecule has 9 heteroatoms. The van der Waals surface area contributed by atoms with E-state index in [2.05, 4.69) is 15.0 Å². The number of hydrogen-bond donors (Lipinski definition) is 1. The van der Waals surface area contributed by atoms with Gasteiger partial charge >= 0.3 is 0 Å². The highest BCUT2D eigenvalue weighted by Gasteiger charge is 2.25. The van der Waals surface area contributed by atoms with Crippen molar-refractivity contribution >= 4 is 16.8 Å². The molecule has 0 radical (unpaired) electrons. The molecule has 0 amide bonds. The molecular formula is C19H11F3N4O2. The van der Waals surface area contributed by atoms with Gasteiger partial charge in [-0.05, 0) is 25.1 Å². The Bertz CT molecular complexity index is 1230. The van der Waals surface area contributed by atoms with Crippen LogP contribution in [0.4, 0.5) is 13.2 Å². The molecule has 140 valence electrons. The van der Waals surface area contributed by atoms with E-state index in [1.54, 1.807) is 24.0 Å². The summed E-state index contributed by atoms with van der Waals surface area (Å²) < 4.78 is 43.2. The topological polar surface area (TPSA) is 80.9 Å². The molecule has 0 atom stereocenters. The Morgan fingerprint density at radius 2 is 1.86 bits per heavy atom. The molecule has 2 aromatic carbocycles. The summed E-state index contributed by atoms with van der Waals surface area (Å²) in [5.74, 6) is -6.58. The Morgan fingerprint density at radius 3 is 2.57 bits per heavy atom. The van der Waals surface area contributed by atoms with Crippen LogP contribution in [0.1, 0.15) is 21.6 Å². The zero-order valence-electron chi connectivity index (χ0n) is 14.3. The number of nitrogens with zero attached hydrogens (tertiary/aromatic N) is 4. The van der Waals surface area contributed by atoms with Crippen molar-refractivity contribution in [3.63, 3.8) is 0 Å². The summed E-state index contributed by atoms with van der Waals surface area (Å²) in [5.41, 5.74) is 0.189. The van der Waals surface area contributed by atoms with Crippen LogP contribution >= 0.6 is 0 Å². The SMILES string of the molecule is Cc1cn(-c2cnc3ccc(C(=O)c4c(F)c(O)cc(F)c4F)cc3n2)cn1. The molecule has 6 nitrogen and oxygen atoms in total. The van der Waals surface area contributed by atoms with Gasteiger partial charge in [-0.15, -0.1) is 0 Å². The van der Waals surface area contributed by atoms with Crippen molar-refractivity contribution in [2.75, 3.05) is 0 Å². The quantitative estimate of drug-likeness (QED) is 0.432. The van der Waals surface area contributed by atoms with Crippen LogP contribution in [0.5, 0.6) is 5.75 Å². The Morgan fingerprint density at radius 1 is 1.07 bits per heavy atom. The molecule has 4 aromatic rings. The fourth-order valence-corrected chi connectivity index (χ4v) is 2.75. The second kappa shape index (κ2) is 6.45. The van der Waals surface area contributed by atoms with Gasteiger partial charge in [-0.25, -0.2) is 23.1 Å². The number of hydrogen-bond acceptors (Lipinski definition) is 5. The molecule has 0 aliphatic carbocycles. The van der Waals surface area contributed by atoms with Gasteiger partial charge in [0.1, 0.15) is 11.9 Å². The Labute approximate surface area is 155 Å². The largest absolute Gasteiger partial charge is 0.505 e. The third kappa shape index (κ3) is 2.86. The van der Waals surface area contributed by atoms with E-state index < -0.39 is 34.5 Å². The highest BCUT2D eigenvalue weighted by molar-refractivity contribution is 6.10. The van der Waals surface area contributed by atoms with Crippen LogP contribution in [0.15, 0.2) is 43.0 Å². The number of carbonyl (C=O) groups excluding carboxylic acids is 1. The lowest BCUT2D eigenvalue weighted by Gasteiger charge is -2.08. The number of imidazole rings is 1. The van der Waals surface area contributed by atoms with Gasteiger partial charge in [-0.1, -0.05) is 0 Å². The summed E-state index contributed by atoms with van der Waals surface area (Å²) in [7, 11) is 0. The van der Waals surface area contributed by atoms with Gasteiger partial charge in [0.05, 0.1) is 22.9 Å². The van der Waals surface area contributed by atoms with Crippen molar-refractivity contribution in [1.29, 1.82) is 0 Å². The van der Waals surface area contributed by atoms with Crippen LogP contribution < -0.4 is 0 Å². The predicted octanol–water partition coefficient (Wildman–Crippen LogP) is 3.48. The molecule has 0 spiro atoms. The van der Waals surface area contributed by atoms with Gasteiger partial charge in [-0.2, -0.15) is 0 Å². The van der Waals surface area contributed by atoms with Crippen LogP contribution in [-0.4, -0.2) is 30.4 Å². The minimum atomic E-state index is -1.67.